The van der Waals surface area contributed by atoms with Gasteiger partial charge in [0.2, 0.25) is 0 Å². The van der Waals surface area contributed by atoms with Crippen LogP contribution in [0.3, 0.4) is 0 Å². The number of methoxy groups -OCH3 is 3. The lowest BCUT2D eigenvalue weighted by atomic mass is 10.1. The summed E-state index contributed by atoms with van der Waals surface area (Å²) in [6.07, 6.45) is -0.799. The van der Waals surface area contributed by atoms with Gasteiger partial charge >= 0.3 is 5.97 Å². The average Bonchev–Trinajstić information content (AvgIpc) is 2.49. The number of amides is 1. The summed E-state index contributed by atoms with van der Waals surface area (Å²) in [6.45, 7) is 0.0723. The molecule has 1 aromatic rings. The minimum atomic E-state index is -0.994. The third kappa shape index (κ3) is 4.64. The molecule has 0 heterocycles. The van der Waals surface area contributed by atoms with Crippen LogP contribution in [-0.2, 0) is 9.53 Å². The van der Waals surface area contributed by atoms with Crippen molar-refractivity contribution in [3.8, 4) is 11.5 Å². The maximum atomic E-state index is 12.2. The van der Waals surface area contributed by atoms with Crippen molar-refractivity contribution >= 4 is 11.9 Å². The highest BCUT2D eigenvalue weighted by Gasteiger charge is 2.20. The van der Waals surface area contributed by atoms with E-state index in [4.69, 9.17) is 19.3 Å². The molecule has 21 heavy (non-hydrogen) atoms. The smallest absolute Gasteiger partial charge is 0.306 e. The van der Waals surface area contributed by atoms with Gasteiger partial charge in [-0.2, -0.15) is 0 Å². The molecule has 0 bridgehead atoms. The SMILES string of the molecule is COc1cccc(OC)c1C(=O)NCC(CC(=O)O)OC. The van der Waals surface area contributed by atoms with E-state index in [9.17, 15) is 9.59 Å². The standard InChI is InChI=1S/C14H19NO6/c1-19-9(7-12(16)17)8-15-14(18)13-10(20-2)5-4-6-11(13)21-3/h4-6,9H,7-8H2,1-3H3,(H,15,18)(H,16,17). The number of ether oxygens (including phenoxy) is 3. The number of hydrogen-bond donors (Lipinski definition) is 2. The van der Waals surface area contributed by atoms with E-state index in [2.05, 4.69) is 5.32 Å². The maximum absolute atomic E-state index is 12.2. The van der Waals surface area contributed by atoms with Gasteiger partial charge in [-0.3, -0.25) is 9.59 Å². The minimum Gasteiger partial charge on any atom is -0.496 e. The van der Waals surface area contributed by atoms with Gasteiger partial charge in [-0.25, -0.2) is 0 Å². The second kappa shape index (κ2) is 8.11. The first-order chi connectivity index (χ1) is 10.0. The molecule has 1 aromatic carbocycles. The number of hydrogen-bond acceptors (Lipinski definition) is 5. The summed E-state index contributed by atoms with van der Waals surface area (Å²) in [5.41, 5.74) is 0.257. The Kier molecular flexibility index (Phi) is 6.48. The van der Waals surface area contributed by atoms with Gasteiger partial charge in [0.15, 0.2) is 0 Å². The summed E-state index contributed by atoms with van der Waals surface area (Å²) < 4.78 is 15.3. The van der Waals surface area contributed by atoms with Crippen molar-refractivity contribution in [2.24, 2.45) is 0 Å². The van der Waals surface area contributed by atoms with E-state index >= 15 is 0 Å². The van der Waals surface area contributed by atoms with Crippen LogP contribution in [-0.4, -0.2) is 51.0 Å². The van der Waals surface area contributed by atoms with E-state index < -0.39 is 18.0 Å². The summed E-state index contributed by atoms with van der Waals surface area (Å²) in [6, 6.07) is 4.99. The highest BCUT2D eigenvalue weighted by atomic mass is 16.5. The number of aliphatic carboxylic acids is 1. The number of rotatable bonds is 8. The van der Waals surface area contributed by atoms with Crippen molar-refractivity contribution in [3.63, 3.8) is 0 Å². The monoisotopic (exact) mass is 297 g/mol. The zero-order chi connectivity index (χ0) is 15.8. The lowest BCUT2D eigenvalue weighted by molar-refractivity contribution is -0.139. The molecule has 0 aliphatic heterocycles. The molecule has 2 N–H and O–H groups in total. The largest absolute Gasteiger partial charge is 0.496 e. The number of benzene rings is 1. The van der Waals surface area contributed by atoms with Gasteiger partial charge in [0.25, 0.3) is 5.91 Å². The van der Waals surface area contributed by atoms with Crippen molar-refractivity contribution in [2.75, 3.05) is 27.9 Å². The van der Waals surface area contributed by atoms with Crippen molar-refractivity contribution in [1.82, 2.24) is 5.32 Å². The number of carboxylic acids is 1. The van der Waals surface area contributed by atoms with Crippen LogP contribution in [0.5, 0.6) is 11.5 Å². The van der Waals surface area contributed by atoms with Crippen molar-refractivity contribution in [3.05, 3.63) is 23.8 Å². The molecule has 7 nitrogen and oxygen atoms in total. The van der Waals surface area contributed by atoms with Crippen LogP contribution >= 0.6 is 0 Å². The molecule has 0 radical (unpaired) electrons. The van der Waals surface area contributed by atoms with Crippen LogP contribution in [0.25, 0.3) is 0 Å². The highest BCUT2D eigenvalue weighted by molar-refractivity contribution is 5.99. The predicted molar refractivity (Wildman–Crippen MR) is 74.9 cm³/mol. The van der Waals surface area contributed by atoms with Gasteiger partial charge in [0.05, 0.1) is 26.7 Å². The van der Waals surface area contributed by atoms with E-state index in [-0.39, 0.29) is 18.5 Å². The second-order valence-corrected chi connectivity index (χ2v) is 4.20. The first-order valence-electron chi connectivity index (χ1n) is 6.27. The molecule has 0 saturated carbocycles. The van der Waals surface area contributed by atoms with E-state index in [0.29, 0.717) is 11.5 Å². The molecular weight excluding hydrogens is 278 g/mol. The molecule has 116 valence electrons. The fourth-order valence-corrected chi connectivity index (χ4v) is 1.80. The van der Waals surface area contributed by atoms with Crippen LogP contribution in [0.2, 0.25) is 0 Å². The summed E-state index contributed by atoms with van der Waals surface area (Å²) >= 11 is 0. The molecule has 0 aromatic heterocycles. The van der Waals surface area contributed by atoms with Crippen molar-refractivity contribution < 1.29 is 28.9 Å². The van der Waals surface area contributed by atoms with Gasteiger partial charge in [-0.1, -0.05) is 6.07 Å². The lowest BCUT2D eigenvalue weighted by Crippen LogP contribution is -2.34. The number of carbonyl (C=O) groups excluding carboxylic acids is 1. The van der Waals surface area contributed by atoms with Crippen LogP contribution in [0.4, 0.5) is 0 Å². The van der Waals surface area contributed by atoms with E-state index in [1.165, 1.54) is 21.3 Å². The minimum absolute atomic E-state index is 0.0723. The predicted octanol–water partition coefficient (Wildman–Crippen LogP) is 0.923. The molecule has 1 unspecified atom stereocenters. The van der Waals surface area contributed by atoms with Crippen LogP contribution in [0.1, 0.15) is 16.8 Å². The van der Waals surface area contributed by atoms with Gasteiger partial charge < -0.3 is 24.6 Å². The van der Waals surface area contributed by atoms with Gasteiger partial charge in [-0.05, 0) is 12.1 Å². The number of nitrogens with one attached hydrogen (secondary N) is 1. The summed E-state index contributed by atoms with van der Waals surface area (Å²) in [4.78, 5) is 22.9. The zero-order valence-electron chi connectivity index (χ0n) is 12.2. The Morgan fingerprint density at radius 2 is 1.76 bits per heavy atom. The molecule has 1 amide bonds. The maximum Gasteiger partial charge on any atom is 0.306 e. The van der Waals surface area contributed by atoms with Crippen molar-refractivity contribution in [2.45, 2.75) is 12.5 Å². The summed E-state index contributed by atoms with van der Waals surface area (Å²) in [7, 11) is 4.30. The Hall–Kier alpha value is -2.28. The van der Waals surface area contributed by atoms with Crippen LogP contribution in [0.15, 0.2) is 18.2 Å². The van der Waals surface area contributed by atoms with Gasteiger partial charge in [-0.15, -0.1) is 0 Å². The van der Waals surface area contributed by atoms with E-state index in [1.807, 2.05) is 0 Å². The highest BCUT2D eigenvalue weighted by Crippen LogP contribution is 2.27. The van der Waals surface area contributed by atoms with E-state index in [0.717, 1.165) is 0 Å². The molecule has 7 heteroatoms. The molecule has 0 aliphatic rings. The second-order valence-electron chi connectivity index (χ2n) is 4.20. The first-order valence-corrected chi connectivity index (χ1v) is 6.27. The molecule has 0 spiro atoms. The fourth-order valence-electron chi connectivity index (χ4n) is 1.80. The first kappa shape index (κ1) is 16.8. The average molecular weight is 297 g/mol. The molecular formula is C14H19NO6. The fraction of sp³-hybridized carbons (Fsp3) is 0.429. The van der Waals surface area contributed by atoms with E-state index in [1.54, 1.807) is 18.2 Å². The van der Waals surface area contributed by atoms with Crippen molar-refractivity contribution in [1.29, 1.82) is 0 Å². The quantitative estimate of drug-likeness (QED) is 0.741. The lowest BCUT2D eigenvalue weighted by Gasteiger charge is -2.16. The molecule has 0 saturated heterocycles. The molecule has 1 rings (SSSR count). The third-order valence-corrected chi connectivity index (χ3v) is 2.88. The Balaban J connectivity index is 2.82. The Morgan fingerprint density at radius 1 is 1.19 bits per heavy atom. The van der Waals surface area contributed by atoms with Crippen LogP contribution in [0, 0.1) is 0 Å². The number of carbonyl (C=O) groups is 2. The Bertz CT molecular complexity index is 480. The molecule has 0 aliphatic carbocycles. The normalized spacial score (nSPS) is 11.6. The summed E-state index contributed by atoms with van der Waals surface area (Å²) in [5.74, 6) is -0.666. The topological polar surface area (TPSA) is 94.1 Å². The Morgan fingerprint density at radius 3 is 2.19 bits per heavy atom. The Labute approximate surface area is 122 Å². The summed E-state index contributed by atoms with van der Waals surface area (Å²) in [5, 5.41) is 11.3. The van der Waals surface area contributed by atoms with Crippen LogP contribution < -0.4 is 14.8 Å². The zero-order valence-corrected chi connectivity index (χ0v) is 12.2. The molecule has 0 fully saturated rings. The van der Waals surface area contributed by atoms with Gasteiger partial charge in [0.1, 0.15) is 17.1 Å². The number of carboxylic acid groups (broad SMARTS) is 1. The molecule has 1 atom stereocenters. The third-order valence-electron chi connectivity index (χ3n) is 2.88. The van der Waals surface area contributed by atoms with Gasteiger partial charge in [0, 0.05) is 13.7 Å².